The molecule has 5 heterocycles. The van der Waals surface area contributed by atoms with E-state index in [-0.39, 0.29) is 47.7 Å². The topological polar surface area (TPSA) is 106 Å². The molecule has 7 rings (SSSR count). The minimum Gasteiger partial charge on any atom is -0.348 e. The highest BCUT2D eigenvalue weighted by Gasteiger charge is 2.42. The van der Waals surface area contributed by atoms with Gasteiger partial charge in [-0.1, -0.05) is 12.8 Å². The van der Waals surface area contributed by atoms with E-state index in [0.717, 1.165) is 44.2 Å². The van der Waals surface area contributed by atoms with Gasteiger partial charge >= 0.3 is 6.55 Å². The van der Waals surface area contributed by atoms with Gasteiger partial charge in [0.25, 0.3) is 5.91 Å². The number of carbonyl (C=O) groups is 2. The summed E-state index contributed by atoms with van der Waals surface area (Å²) in [5.74, 6) is -1.44. The van der Waals surface area contributed by atoms with Crippen LogP contribution in [-0.4, -0.2) is 56.2 Å². The number of aromatic nitrogens is 4. The van der Waals surface area contributed by atoms with E-state index in [1.807, 2.05) is 23.6 Å². The molecule has 2 bridgehead atoms. The van der Waals surface area contributed by atoms with Crippen LogP contribution in [0.15, 0.2) is 30.3 Å². The molecule has 2 aliphatic heterocycles. The number of carbonyl (C=O) groups excluding carboxylic acids is 2. The first-order valence-corrected chi connectivity index (χ1v) is 15.7. The Morgan fingerprint density at radius 2 is 1.96 bits per heavy atom. The SMILES string of the molecule is C[C@H]1NC(=O)[C@@H]2C[C@H]2CCCCCn2c(-c3nc4cc(C(=O)N[C@H]5CNCC[C@@H]5F)c(F)cc4n3C(F)F)cc3ccc1nc32. The summed E-state index contributed by atoms with van der Waals surface area (Å²) in [6, 6.07) is 6.26. The van der Waals surface area contributed by atoms with Gasteiger partial charge in [-0.3, -0.25) is 14.2 Å². The maximum atomic E-state index is 15.3. The highest BCUT2D eigenvalue weighted by Crippen LogP contribution is 2.43. The summed E-state index contributed by atoms with van der Waals surface area (Å²) in [6.45, 7) is -0.00254. The molecule has 3 aliphatic rings. The standard InChI is InChI=1S/C32H35F4N7O2/c1-16-23-7-6-18-12-27(42(28(18)39-23)10-4-2-3-5-17-11-19(17)30(44)38-16)29-40-24-13-20(22(34)14-26(24)43(29)32(35)36)31(45)41-25-15-37-9-8-21(25)33/h6-7,12-14,16-17,19,21,25,32,37H,2-5,8-11,15H2,1H3,(H,38,44)(H,41,45)/t16-,17-,19-,21+,25+/m1/s1. The lowest BCUT2D eigenvalue weighted by Crippen LogP contribution is -2.52. The number of benzene rings is 1. The number of halogens is 4. The highest BCUT2D eigenvalue weighted by molar-refractivity contribution is 5.98. The third kappa shape index (κ3) is 5.55. The Labute approximate surface area is 256 Å². The van der Waals surface area contributed by atoms with E-state index in [1.165, 1.54) is 0 Å². The number of imidazole rings is 1. The second-order valence-corrected chi connectivity index (χ2v) is 12.5. The zero-order valence-corrected chi connectivity index (χ0v) is 24.8. The maximum Gasteiger partial charge on any atom is 0.320 e. The van der Waals surface area contributed by atoms with Gasteiger partial charge in [-0.2, -0.15) is 8.78 Å². The highest BCUT2D eigenvalue weighted by atomic mass is 19.3. The van der Waals surface area contributed by atoms with Gasteiger partial charge in [-0.05, 0) is 69.3 Å². The summed E-state index contributed by atoms with van der Waals surface area (Å²) >= 11 is 0. The van der Waals surface area contributed by atoms with Gasteiger partial charge in [0, 0.05) is 30.5 Å². The van der Waals surface area contributed by atoms with Crippen molar-refractivity contribution in [2.24, 2.45) is 11.8 Å². The average Bonchev–Trinajstić information content (AvgIpc) is 3.56. The Morgan fingerprint density at radius 3 is 2.76 bits per heavy atom. The van der Waals surface area contributed by atoms with Gasteiger partial charge in [0.1, 0.15) is 17.6 Å². The van der Waals surface area contributed by atoms with Gasteiger partial charge in [0.2, 0.25) is 5.91 Å². The van der Waals surface area contributed by atoms with E-state index in [0.29, 0.717) is 46.0 Å². The van der Waals surface area contributed by atoms with Crippen LogP contribution in [0.1, 0.15) is 74.1 Å². The molecule has 4 aromatic rings. The molecule has 3 N–H and O–H groups in total. The second kappa shape index (κ2) is 11.7. The Hall–Kier alpha value is -4.00. The van der Waals surface area contributed by atoms with Crippen molar-refractivity contribution >= 4 is 33.9 Å². The predicted octanol–water partition coefficient (Wildman–Crippen LogP) is 5.40. The molecule has 0 unspecified atom stereocenters. The molecule has 45 heavy (non-hydrogen) atoms. The van der Waals surface area contributed by atoms with Crippen molar-refractivity contribution < 1.29 is 27.2 Å². The summed E-state index contributed by atoms with van der Waals surface area (Å²) in [6.07, 6.45) is 3.42. The first-order valence-electron chi connectivity index (χ1n) is 15.7. The summed E-state index contributed by atoms with van der Waals surface area (Å²) < 4.78 is 61.6. The number of fused-ring (bicyclic) bond motifs is 3. The van der Waals surface area contributed by atoms with Gasteiger partial charge in [0.05, 0.1) is 40.1 Å². The van der Waals surface area contributed by atoms with Crippen molar-refractivity contribution in [3.05, 3.63) is 47.4 Å². The third-order valence-corrected chi connectivity index (χ3v) is 9.45. The summed E-state index contributed by atoms with van der Waals surface area (Å²) in [4.78, 5) is 35.1. The molecule has 1 aromatic carbocycles. The molecule has 1 saturated carbocycles. The first kappa shape index (κ1) is 29.7. The van der Waals surface area contributed by atoms with Gasteiger partial charge in [-0.25, -0.2) is 18.7 Å². The number of pyridine rings is 1. The number of rotatable bonds is 4. The number of amides is 2. The first-order chi connectivity index (χ1) is 21.7. The molecule has 2 amide bonds. The predicted molar refractivity (Wildman–Crippen MR) is 160 cm³/mol. The lowest BCUT2D eigenvalue weighted by atomic mass is 10.0. The summed E-state index contributed by atoms with van der Waals surface area (Å²) in [7, 11) is 0. The Kier molecular flexibility index (Phi) is 7.74. The van der Waals surface area contributed by atoms with Crippen molar-refractivity contribution in [3.63, 3.8) is 0 Å². The molecular weight excluding hydrogens is 590 g/mol. The van der Waals surface area contributed by atoms with Crippen LogP contribution in [0.5, 0.6) is 0 Å². The molecule has 1 saturated heterocycles. The molecule has 1 aliphatic carbocycles. The Balaban J connectivity index is 1.30. The van der Waals surface area contributed by atoms with Crippen molar-refractivity contribution in [1.29, 1.82) is 0 Å². The number of alkyl halides is 3. The van der Waals surface area contributed by atoms with E-state index in [1.54, 1.807) is 6.07 Å². The van der Waals surface area contributed by atoms with Crippen LogP contribution in [0.2, 0.25) is 0 Å². The zero-order valence-electron chi connectivity index (χ0n) is 24.8. The molecular formula is C32H35F4N7O2. The number of hydrogen-bond donors (Lipinski definition) is 3. The smallest absolute Gasteiger partial charge is 0.320 e. The lowest BCUT2D eigenvalue weighted by Gasteiger charge is -2.27. The van der Waals surface area contributed by atoms with Crippen molar-refractivity contribution in [2.75, 3.05) is 13.1 Å². The van der Waals surface area contributed by atoms with E-state index in [4.69, 9.17) is 4.98 Å². The van der Waals surface area contributed by atoms with Crippen LogP contribution in [0.25, 0.3) is 33.6 Å². The molecule has 0 radical (unpaired) electrons. The summed E-state index contributed by atoms with van der Waals surface area (Å²) in [5.41, 5.74) is 1.06. The minimum atomic E-state index is -3.06. The van der Waals surface area contributed by atoms with Crippen LogP contribution in [-0.2, 0) is 11.3 Å². The van der Waals surface area contributed by atoms with Crippen LogP contribution in [0.3, 0.4) is 0 Å². The molecule has 13 heteroatoms. The molecule has 2 fully saturated rings. The van der Waals surface area contributed by atoms with Crippen LogP contribution >= 0.6 is 0 Å². The van der Waals surface area contributed by atoms with Gasteiger partial charge in [0.15, 0.2) is 5.82 Å². The quantitative estimate of drug-likeness (QED) is 0.263. The molecule has 3 aromatic heterocycles. The maximum absolute atomic E-state index is 15.3. The fraction of sp³-hybridized carbons (Fsp3) is 0.500. The van der Waals surface area contributed by atoms with E-state index in [9.17, 15) is 22.8 Å². The fourth-order valence-electron chi connectivity index (χ4n) is 6.81. The number of piperidine rings is 1. The van der Waals surface area contributed by atoms with Crippen molar-refractivity contribution in [3.8, 4) is 11.5 Å². The largest absolute Gasteiger partial charge is 0.348 e. The third-order valence-electron chi connectivity index (χ3n) is 9.45. The molecule has 0 spiro atoms. The van der Waals surface area contributed by atoms with Crippen LogP contribution in [0, 0.1) is 17.7 Å². The van der Waals surface area contributed by atoms with Crippen molar-refractivity contribution in [2.45, 2.75) is 76.8 Å². The van der Waals surface area contributed by atoms with Crippen LogP contribution in [0.4, 0.5) is 17.6 Å². The van der Waals surface area contributed by atoms with Gasteiger partial charge in [-0.15, -0.1) is 0 Å². The van der Waals surface area contributed by atoms with Crippen molar-refractivity contribution in [1.82, 2.24) is 35.1 Å². The number of hydrogen-bond acceptors (Lipinski definition) is 5. The minimum absolute atomic E-state index is 0.0123. The van der Waals surface area contributed by atoms with E-state index < -0.39 is 36.1 Å². The summed E-state index contributed by atoms with van der Waals surface area (Å²) in [5, 5.41) is 9.31. The normalized spacial score (nSPS) is 25.7. The van der Waals surface area contributed by atoms with Gasteiger partial charge < -0.3 is 20.5 Å². The molecule has 5 atom stereocenters. The fourth-order valence-corrected chi connectivity index (χ4v) is 6.81. The molecule has 238 valence electrons. The lowest BCUT2D eigenvalue weighted by molar-refractivity contribution is -0.123. The van der Waals surface area contributed by atoms with E-state index in [2.05, 4.69) is 20.9 Å². The van der Waals surface area contributed by atoms with Crippen LogP contribution < -0.4 is 16.0 Å². The number of nitrogens with zero attached hydrogens (tertiary/aromatic N) is 4. The number of nitrogens with one attached hydrogen (secondary N) is 3. The number of aryl methyl sites for hydroxylation is 1. The Morgan fingerprint density at radius 1 is 1.11 bits per heavy atom. The second-order valence-electron chi connectivity index (χ2n) is 12.5. The zero-order chi connectivity index (χ0) is 31.4. The molecule has 9 nitrogen and oxygen atoms in total. The van der Waals surface area contributed by atoms with E-state index >= 15 is 4.39 Å². The average molecular weight is 626 g/mol. The Bertz CT molecular complexity index is 1790. The monoisotopic (exact) mass is 625 g/mol.